The third-order valence-corrected chi connectivity index (χ3v) is 3.05. The molecule has 0 fully saturated rings. The van der Waals surface area contributed by atoms with E-state index in [4.69, 9.17) is 4.74 Å². The molecule has 0 saturated carbocycles. The first-order chi connectivity index (χ1) is 9.98. The summed E-state index contributed by atoms with van der Waals surface area (Å²) in [5.74, 6) is 0.596. The first-order valence-corrected chi connectivity index (χ1v) is 6.50. The third kappa shape index (κ3) is 4.70. The number of anilines is 1. The lowest BCUT2D eigenvalue weighted by molar-refractivity contribution is -0.137. The zero-order valence-corrected chi connectivity index (χ0v) is 11.5. The zero-order chi connectivity index (χ0) is 15.3. The van der Waals surface area contributed by atoms with Crippen molar-refractivity contribution in [2.45, 2.75) is 18.6 Å². The van der Waals surface area contributed by atoms with Gasteiger partial charge in [-0.05, 0) is 17.7 Å². The number of hydrogen-bond acceptors (Lipinski definition) is 2. The Morgan fingerprint density at radius 2 is 1.76 bits per heavy atom. The molecule has 2 aromatic rings. The van der Waals surface area contributed by atoms with Crippen LogP contribution in [-0.4, -0.2) is 13.3 Å². The van der Waals surface area contributed by atoms with Crippen LogP contribution in [0.4, 0.5) is 18.9 Å². The highest BCUT2D eigenvalue weighted by molar-refractivity contribution is 5.50. The van der Waals surface area contributed by atoms with Crippen LogP contribution in [0.3, 0.4) is 0 Å². The number of rotatable bonds is 5. The van der Waals surface area contributed by atoms with E-state index in [-0.39, 0.29) is 0 Å². The fourth-order valence-electron chi connectivity index (χ4n) is 2.08. The lowest BCUT2D eigenvalue weighted by Gasteiger charge is -2.22. The van der Waals surface area contributed by atoms with Crippen molar-refractivity contribution in [1.29, 1.82) is 0 Å². The first-order valence-electron chi connectivity index (χ1n) is 6.50. The molecule has 1 unspecified atom stereocenters. The van der Waals surface area contributed by atoms with Crippen LogP contribution in [0.25, 0.3) is 0 Å². The largest absolute Gasteiger partial charge is 0.497 e. The van der Waals surface area contributed by atoms with Gasteiger partial charge in [-0.25, -0.2) is 0 Å². The van der Waals surface area contributed by atoms with Gasteiger partial charge in [-0.1, -0.05) is 36.4 Å². The van der Waals surface area contributed by atoms with Gasteiger partial charge >= 0.3 is 6.18 Å². The van der Waals surface area contributed by atoms with E-state index in [2.05, 4.69) is 5.32 Å². The third-order valence-electron chi connectivity index (χ3n) is 3.05. The van der Waals surface area contributed by atoms with Crippen LogP contribution in [0.15, 0.2) is 54.6 Å². The van der Waals surface area contributed by atoms with Crippen LogP contribution in [0, 0.1) is 0 Å². The SMILES string of the molecule is COc1cccc(NC(CC(F)(F)F)c2ccccc2)c1. The van der Waals surface area contributed by atoms with Gasteiger partial charge in [-0.2, -0.15) is 13.2 Å². The summed E-state index contributed by atoms with van der Waals surface area (Å²) >= 11 is 0. The van der Waals surface area contributed by atoms with Crippen molar-refractivity contribution >= 4 is 5.69 Å². The minimum absolute atomic E-state index is 0.590. The maximum absolute atomic E-state index is 12.8. The Kier molecular flexibility index (Phi) is 4.73. The molecule has 1 N–H and O–H groups in total. The highest BCUT2D eigenvalue weighted by atomic mass is 19.4. The molecular weight excluding hydrogens is 279 g/mol. The molecule has 0 heterocycles. The van der Waals surface area contributed by atoms with Crippen LogP contribution in [0.1, 0.15) is 18.0 Å². The Bertz CT molecular complexity index is 569. The lowest BCUT2D eigenvalue weighted by atomic mass is 10.0. The van der Waals surface area contributed by atoms with E-state index in [0.29, 0.717) is 17.0 Å². The first kappa shape index (κ1) is 15.2. The molecule has 0 radical (unpaired) electrons. The molecular formula is C16H16F3NO. The molecule has 21 heavy (non-hydrogen) atoms. The van der Waals surface area contributed by atoms with Gasteiger partial charge in [-0.15, -0.1) is 0 Å². The van der Waals surface area contributed by atoms with Crippen molar-refractivity contribution in [1.82, 2.24) is 0 Å². The number of nitrogens with one attached hydrogen (secondary N) is 1. The molecule has 1 atom stereocenters. The summed E-state index contributed by atoms with van der Waals surface area (Å²) in [6, 6.07) is 14.6. The predicted octanol–water partition coefficient (Wildman–Crippen LogP) is 4.80. The van der Waals surface area contributed by atoms with E-state index in [0.717, 1.165) is 0 Å². The number of ether oxygens (including phenoxy) is 1. The topological polar surface area (TPSA) is 21.3 Å². The second kappa shape index (κ2) is 6.52. The summed E-state index contributed by atoms with van der Waals surface area (Å²) < 4.78 is 43.4. The van der Waals surface area contributed by atoms with Crippen LogP contribution in [0.5, 0.6) is 5.75 Å². The van der Waals surface area contributed by atoms with Gasteiger partial charge in [0.1, 0.15) is 5.75 Å². The van der Waals surface area contributed by atoms with E-state index in [1.165, 1.54) is 7.11 Å². The summed E-state index contributed by atoms with van der Waals surface area (Å²) in [5.41, 5.74) is 1.19. The van der Waals surface area contributed by atoms with Gasteiger partial charge in [0.05, 0.1) is 19.6 Å². The maximum atomic E-state index is 12.8. The van der Waals surface area contributed by atoms with Gasteiger partial charge < -0.3 is 10.1 Å². The van der Waals surface area contributed by atoms with Crippen molar-refractivity contribution in [2.24, 2.45) is 0 Å². The Balaban J connectivity index is 2.23. The second-order valence-electron chi connectivity index (χ2n) is 4.66. The Morgan fingerprint density at radius 1 is 1.05 bits per heavy atom. The average Bonchev–Trinajstić information content (AvgIpc) is 2.46. The Morgan fingerprint density at radius 3 is 2.38 bits per heavy atom. The lowest BCUT2D eigenvalue weighted by Crippen LogP contribution is -2.20. The summed E-state index contributed by atoms with van der Waals surface area (Å²) in [7, 11) is 1.52. The zero-order valence-electron chi connectivity index (χ0n) is 11.5. The monoisotopic (exact) mass is 295 g/mol. The summed E-state index contributed by atoms with van der Waals surface area (Å²) in [5, 5.41) is 2.93. The minimum Gasteiger partial charge on any atom is -0.497 e. The Hall–Kier alpha value is -2.17. The number of hydrogen-bond donors (Lipinski definition) is 1. The van der Waals surface area contributed by atoms with Crippen molar-refractivity contribution in [3.63, 3.8) is 0 Å². The predicted molar refractivity (Wildman–Crippen MR) is 76.5 cm³/mol. The van der Waals surface area contributed by atoms with Crippen LogP contribution >= 0.6 is 0 Å². The van der Waals surface area contributed by atoms with E-state index in [1.807, 2.05) is 0 Å². The van der Waals surface area contributed by atoms with E-state index < -0.39 is 18.6 Å². The highest BCUT2D eigenvalue weighted by Gasteiger charge is 2.32. The molecule has 2 nitrogen and oxygen atoms in total. The molecule has 112 valence electrons. The van der Waals surface area contributed by atoms with Gasteiger partial charge in [0.2, 0.25) is 0 Å². The number of methoxy groups -OCH3 is 1. The van der Waals surface area contributed by atoms with E-state index in [9.17, 15) is 13.2 Å². The standard InChI is InChI=1S/C16H16F3NO/c1-21-14-9-5-8-13(10-14)20-15(11-16(17,18)19)12-6-3-2-4-7-12/h2-10,15,20H,11H2,1H3. The molecule has 0 spiro atoms. The van der Waals surface area contributed by atoms with Gasteiger partial charge in [0, 0.05) is 11.8 Å². The second-order valence-corrected chi connectivity index (χ2v) is 4.66. The maximum Gasteiger partial charge on any atom is 0.391 e. The van der Waals surface area contributed by atoms with E-state index >= 15 is 0 Å². The molecule has 0 amide bonds. The van der Waals surface area contributed by atoms with Crippen LogP contribution in [-0.2, 0) is 0 Å². The molecule has 0 aliphatic heterocycles. The Labute approximate surface area is 121 Å². The molecule has 0 saturated heterocycles. The van der Waals surface area contributed by atoms with Crippen molar-refractivity contribution in [3.8, 4) is 5.75 Å². The molecule has 0 aromatic heterocycles. The molecule has 0 bridgehead atoms. The number of alkyl halides is 3. The normalized spacial score (nSPS) is 12.8. The molecule has 0 aliphatic carbocycles. The average molecular weight is 295 g/mol. The van der Waals surface area contributed by atoms with Crippen LogP contribution < -0.4 is 10.1 Å². The molecule has 2 rings (SSSR count). The van der Waals surface area contributed by atoms with Crippen molar-refractivity contribution < 1.29 is 17.9 Å². The van der Waals surface area contributed by atoms with Gasteiger partial charge in [-0.3, -0.25) is 0 Å². The highest BCUT2D eigenvalue weighted by Crippen LogP contribution is 2.32. The van der Waals surface area contributed by atoms with Gasteiger partial charge in [0.15, 0.2) is 0 Å². The smallest absolute Gasteiger partial charge is 0.391 e. The number of benzene rings is 2. The summed E-state index contributed by atoms with van der Waals surface area (Å²) in [6.45, 7) is 0. The quantitative estimate of drug-likeness (QED) is 0.855. The molecule has 2 aromatic carbocycles. The number of halogens is 3. The fraction of sp³-hybridized carbons (Fsp3) is 0.250. The van der Waals surface area contributed by atoms with Gasteiger partial charge in [0.25, 0.3) is 0 Å². The van der Waals surface area contributed by atoms with Crippen LogP contribution in [0.2, 0.25) is 0 Å². The van der Waals surface area contributed by atoms with Crippen molar-refractivity contribution in [3.05, 3.63) is 60.2 Å². The minimum atomic E-state index is -4.24. The molecule has 5 heteroatoms. The molecule has 0 aliphatic rings. The van der Waals surface area contributed by atoms with Crippen molar-refractivity contribution in [2.75, 3.05) is 12.4 Å². The summed E-state index contributed by atoms with van der Waals surface area (Å²) in [6.07, 6.45) is -5.18. The van der Waals surface area contributed by atoms with E-state index in [1.54, 1.807) is 54.6 Å². The fourth-order valence-corrected chi connectivity index (χ4v) is 2.08. The summed E-state index contributed by atoms with van der Waals surface area (Å²) in [4.78, 5) is 0.